The van der Waals surface area contributed by atoms with Gasteiger partial charge in [-0.3, -0.25) is 14.5 Å². The van der Waals surface area contributed by atoms with Gasteiger partial charge in [0.15, 0.2) is 0 Å². The summed E-state index contributed by atoms with van der Waals surface area (Å²) in [4.78, 5) is 27.1. The summed E-state index contributed by atoms with van der Waals surface area (Å²) in [7, 11) is 0. The number of carbonyl (C=O) groups is 2. The molecule has 5 heteroatoms. The summed E-state index contributed by atoms with van der Waals surface area (Å²) in [5.74, 6) is -1.25. The average Bonchev–Trinajstić information content (AvgIpc) is 2.49. The van der Waals surface area contributed by atoms with Crippen LogP contribution in [0.1, 0.15) is 50.5 Å². The highest BCUT2D eigenvalue weighted by molar-refractivity contribution is 5.96. The van der Waals surface area contributed by atoms with Crippen LogP contribution in [0.4, 0.5) is 0 Å². The molecule has 23 heavy (non-hydrogen) atoms. The number of nitrogens with zero attached hydrogens (tertiary/aromatic N) is 2. The molecule has 0 radical (unpaired) electrons. The van der Waals surface area contributed by atoms with Crippen molar-refractivity contribution in [2.45, 2.75) is 53.2 Å². The third-order valence-electron chi connectivity index (χ3n) is 3.91. The molecule has 0 saturated carbocycles. The predicted octanol–water partition coefficient (Wildman–Crippen LogP) is 2.85. The highest BCUT2D eigenvalue weighted by atomic mass is 16.4. The number of rotatable bonds is 8. The average molecular weight is 320 g/mol. The Labute approximate surface area is 138 Å². The summed E-state index contributed by atoms with van der Waals surface area (Å²) in [5, 5.41) is 8.95. The number of hydrogen-bond donors (Lipinski definition) is 1. The van der Waals surface area contributed by atoms with E-state index in [1.807, 2.05) is 26.0 Å². The molecule has 0 aromatic heterocycles. The monoisotopic (exact) mass is 320 g/mol. The van der Waals surface area contributed by atoms with Crippen LogP contribution in [0.5, 0.6) is 0 Å². The van der Waals surface area contributed by atoms with Gasteiger partial charge in [0, 0.05) is 24.2 Å². The van der Waals surface area contributed by atoms with Gasteiger partial charge >= 0.3 is 5.97 Å². The molecule has 0 fully saturated rings. The van der Waals surface area contributed by atoms with Crippen LogP contribution in [-0.2, 0) is 11.3 Å². The van der Waals surface area contributed by atoms with Gasteiger partial charge in [-0.05, 0) is 51.9 Å². The van der Waals surface area contributed by atoms with Gasteiger partial charge in [0.25, 0.3) is 5.91 Å². The molecule has 0 aliphatic heterocycles. The van der Waals surface area contributed by atoms with E-state index in [-0.39, 0.29) is 18.5 Å². The summed E-state index contributed by atoms with van der Waals surface area (Å²) >= 11 is 0. The van der Waals surface area contributed by atoms with Gasteiger partial charge in [-0.25, -0.2) is 0 Å². The lowest BCUT2D eigenvalue weighted by molar-refractivity contribution is -0.138. The summed E-state index contributed by atoms with van der Waals surface area (Å²) in [5.41, 5.74) is 1.67. The standard InChI is InChI=1S/C18H28N2O3/c1-6-19(13(2)3)11-15-7-9-16(10-8-15)18(23)20(14(4)5)12-17(21)22/h7-10,13-14H,6,11-12H2,1-5H3,(H,21,22). The van der Waals surface area contributed by atoms with Gasteiger partial charge in [0.1, 0.15) is 6.54 Å². The van der Waals surface area contributed by atoms with E-state index in [0.29, 0.717) is 11.6 Å². The van der Waals surface area contributed by atoms with Crippen molar-refractivity contribution >= 4 is 11.9 Å². The first-order valence-corrected chi connectivity index (χ1v) is 8.12. The third-order valence-corrected chi connectivity index (χ3v) is 3.91. The first kappa shape index (κ1) is 19.2. The molecule has 0 aliphatic carbocycles. The molecule has 0 bridgehead atoms. The molecular formula is C18H28N2O3. The summed E-state index contributed by atoms with van der Waals surface area (Å²) < 4.78 is 0. The number of aliphatic carboxylic acids is 1. The summed E-state index contributed by atoms with van der Waals surface area (Å²) in [6, 6.07) is 7.75. The van der Waals surface area contributed by atoms with Crippen LogP contribution in [0.2, 0.25) is 0 Å². The van der Waals surface area contributed by atoms with Gasteiger partial charge in [-0.15, -0.1) is 0 Å². The fourth-order valence-corrected chi connectivity index (χ4v) is 2.45. The van der Waals surface area contributed by atoms with Crippen LogP contribution in [0.3, 0.4) is 0 Å². The molecule has 128 valence electrons. The van der Waals surface area contributed by atoms with Gasteiger partial charge in [0.2, 0.25) is 0 Å². The number of benzene rings is 1. The second-order valence-corrected chi connectivity index (χ2v) is 6.27. The van der Waals surface area contributed by atoms with E-state index in [2.05, 4.69) is 25.7 Å². The fraction of sp³-hybridized carbons (Fsp3) is 0.556. The Hall–Kier alpha value is -1.88. The van der Waals surface area contributed by atoms with Crippen molar-refractivity contribution < 1.29 is 14.7 Å². The first-order chi connectivity index (χ1) is 10.8. The lowest BCUT2D eigenvalue weighted by Gasteiger charge is -2.26. The van der Waals surface area contributed by atoms with Crippen molar-refractivity contribution in [1.29, 1.82) is 0 Å². The van der Waals surface area contributed by atoms with Crippen molar-refractivity contribution in [3.05, 3.63) is 35.4 Å². The molecule has 0 unspecified atom stereocenters. The van der Waals surface area contributed by atoms with E-state index in [1.165, 1.54) is 4.90 Å². The zero-order chi connectivity index (χ0) is 17.6. The van der Waals surface area contributed by atoms with Crippen molar-refractivity contribution in [3.63, 3.8) is 0 Å². The molecule has 0 atom stereocenters. The minimum Gasteiger partial charge on any atom is -0.480 e. The number of carboxylic acid groups (broad SMARTS) is 1. The van der Waals surface area contributed by atoms with E-state index in [9.17, 15) is 9.59 Å². The number of carboxylic acids is 1. The molecule has 0 saturated heterocycles. The lowest BCUT2D eigenvalue weighted by Crippen LogP contribution is -2.40. The molecule has 1 N–H and O–H groups in total. The van der Waals surface area contributed by atoms with E-state index in [0.717, 1.165) is 18.7 Å². The van der Waals surface area contributed by atoms with E-state index < -0.39 is 5.97 Å². The van der Waals surface area contributed by atoms with Gasteiger partial charge in [-0.2, -0.15) is 0 Å². The topological polar surface area (TPSA) is 60.9 Å². The second-order valence-electron chi connectivity index (χ2n) is 6.27. The molecule has 0 spiro atoms. The summed E-state index contributed by atoms with van der Waals surface area (Å²) in [6.45, 7) is 11.6. The summed E-state index contributed by atoms with van der Waals surface area (Å²) in [6.07, 6.45) is 0. The zero-order valence-electron chi connectivity index (χ0n) is 14.7. The molecule has 5 nitrogen and oxygen atoms in total. The van der Waals surface area contributed by atoms with Crippen molar-refractivity contribution in [1.82, 2.24) is 9.80 Å². The Morgan fingerprint density at radius 3 is 2.00 bits per heavy atom. The van der Waals surface area contributed by atoms with Crippen molar-refractivity contribution in [2.24, 2.45) is 0 Å². The fourth-order valence-electron chi connectivity index (χ4n) is 2.45. The third kappa shape index (κ3) is 5.67. The minimum atomic E-state index is -1.00. The molecule has 1 rings (SSSR count). The number of amides is 1. The quantitative estimate of drug-likeness (QED) is 0.800. The van der Waals surface area contributed by atoms with Crippen LogP contribution in [-0.4, -0.2) is 52.0 Å². The van der Waals surface area contributed by atoms with E-state index in [4.69, 9.17) is 5.11 Å². The Bertz CT molecular complexity index is 524. The van der Waals surface area contributed by atoms with Crippen molar-refractivity contribution in [3.8, 4) is 0 Å². The molecular weight excluding hydrogens is 292 g/mol. The van der Waals surface area contributed by atoms with E-state index >= 15 is 0 Å². The maximum Gasteiger partial charge on any atom is 0.323 e. The van der Waals surface area contributed by atoms with Crippen LogP contribution in [0.15, 0.2) is 24.3 Å². The Morgan fingerprint density at radius 1 is 1.04 bits per heavy atom. The smallest absolute Gasteiger partial charge is 0.323 e. The number of carbonyl (C=O) groups excluding carboxylic acids is 1. The molecule has 0 heterocycles. The predicted molar refractivity (Wildman–Crippen MR) is 91.5 cm³/mol. The second kappa shape index (κ2) is 8.67. The maximum atomic E-state index is 12.5. The van der Waals surface area contributed by atoms with Gasteiger partial charge in [-0.1, -0.05) is 19.1 Å². The van der Waals surface area contributed by atoms with Crippen LogP contribution >= 0.6 is 0 Å². The first-order valence-electron chi connectivity index (χ1n) is 8.12. The SMILES string of the molecule is CCN(Cc1ccc(C(=O)N(CC(=O)O)C(C)C)cc1)C(C)C. The molecule has 1 aromatic carbocycles. The Morgan fingerprint density at radius 2 is 1.61 bits per heavy atom. The highest BCUT2D eigenvalue weighted by Gasteiger charge is 2.21. The highest BCUT2D eigenvalue weighted by Crippen LogP contribution is 2.13. The number of hydrogen-bond acceptors (Lipinski definition) is 3. The van der Waals surface area contributed by atoms with Crippen LogP contribution in [0.25, 0.3) is 0 Å². The van der Waals surface area contributed by atoms with Crippen molar-refractivity contribution in [2.75, 3.05) is 13.1 Å². The van der Waals surface area contributed by atoms with Crippen LogP contribution in [0, 0.1) is 0 Å². The zero-order valence-corrected chi connectivity index (χ0v) is 14.7. The Balaban J connectivity index is 2.86. The maximum absolute atomic E-state index is 12.5. The normalized spacial score (nSPS) is 11.3. The molecule has 1 aromatic rings. The lowest BCUT2D eigenvalue weighted by atomic mass is 10.1. The van der Waals surface area contributed by atoms with Gasteiger partial charge in [0.05, 0.1) is 0 Å². The largest absolute Gasteiger partial charge is 0.480 e. The van der Waals surface area contributed by atoms with E-state index in [1.54, 1.807) is 12.1 Å². The Kier molecular flexibility index (Phi) is 7.23. The van der Waals surface area contributed by atoms with Crippen LogP contribution < -0.4 is 0 Å². The minimum absolute atomic E-state index is 0.158. The molecule has 1 amide bonds. The van der Waals surface area contributed by atoms with Gasteiger partial charge < -0.3 is 10.0 Å². The molecule has 0 aliphatic rings.